The van der Waals surface area contributed by atoms with Crippen LogP contribution in [0.15, 0.2) is 18.2 Å². The number of fused-ring (bicyclic) bond motifs is 1. The maximum atomic E-state index is 12.3. The van der Waals surface area contributed by atoms with Crippen LogP contribution in [0.2, 0.25) is 0 Å². The third-order valence-electron chi connectivity index (χ3n) is 4.41. The lowest BCUT2D eigenvalue weighted by Gasteiger charge is -2.26. The molecule has 1 amide bonds. The van der Waals surface area contributed by atoms with E-state index in [1.165, 1.54) is 0 Å². The highest BCUT2D eigenvalue weighted by molar-refractivity contribution is 5.95. The molecule has 3 N–H and O–H groups in total. The average Bonchev–Trinajstić information content (AvgIpc) is 2.80. The topological polar surface area (TPSA) is 73.6 Å². The SMILES string of the molecule is CC1(C)Cc2cc(NC(=O)C(N)C3CCOCC3)ccc2O1. The van der Waals surface area contributed by atoms with E-state index in [-0.39, 0.29) is 17.4 Å². The molecule has 3 rings (SSSR count). The molecular formula is C17H24N2O3. The van der Waals surface area contributed by atoms with Gasteiger partial charge >= 0.3 is 0 Å². The van der Waals surface area contributed by atoms with Gasteiger partial charge in [-0.3, -0.25) is 4.79 Å². The van der Waals surface area contributed by atoms with Gasteiger partial charge in [0.25, 0.3) is 0 Å². The van der Waals surface area contributed by atoms with Crippen LogP contribution in [0.3, 0.4) is 0 Å². The molecule has 120 valence electrons. The molecule has 2 aliphatic heterocycles. The lowest BCUT2D eigenvalue weighted by molar-refractivity contribution is -0.119. The zero-order valence-electron chi connectivity index (χ0n) is 13.2. The quantitative estimate of drug-likeness (QED) is 0.897. The number of benzene rings is 1. The van der Waals surface area contributed by atoms with Gasteiger partial charge in [0.1, 0.15) is 11.4 Å². The number of nitrogens with one attached hydrogen (secondary N) is 1. The van der Waals surface area contributed by atoms with Crippen molar-refractivity contribution in [3.8, 4) is 5.75 Å². The van der Waals surface area contributed by atoms with Gasteiger partial charge in [-0.1, -0.05) is 0 Å². The molecule has 0 aliphatic carbocycles. The second kappa shape index (κ2) is 5.89. The van der Waals surface area contributed by atoms with Crippen molar-refractivity contribution in [3.05, 3.63) is 23.8 Å². The van der Waals surface area contributed by atoms with Gasteiger partial charge in [-0.15, -0.1) is 0 Å². The van der Waals surface area contributed by atoms with Gasteiger partial charge in [-0.25, -0.2) is 0 Å². The fourth-order valence-electron chi connectivity index (χ4n) is 3.20. The van der Waals surface area contributed by atoms with E-state index in [0.29, 0.717) is 13.2 Å². The number of carbonyl (C=O) groups excluding carboxylic acids is 1. The monoisotopic (exact) mass is 304 g/mol. The summed E-state index contributed by atoms with van der Waals surface area (Å²) in [7, 11) is 0. The second-order valence-electron chi connectivity index (χ2n) is 6.83. The van der Waals surface area contributed by atoms with Crippen molar-refractivity contribution in [2.45, 2.75) is 44.8 Å². The summed E-state index contributed by atoms with van der Waals surface area (Å²) in [6.45, 7) is 5.51. The molecule has 2 heterocycles. The summed E-state index contributed by atoms with van der Waals surface area (Å²) in [5.41, 5.74) is 7.84. The normalized spacial score (nSPS) is 21.8. The van der Waals surface area contributed by atoms with E-state index in [9.17, 15) is 4.79 Å². The number of carbonyl (C=O) groups is 1. The number of hydrogen-bond acceptors (Lipinski definition) is 4. The molecular weight excluding hydrogens is 280 g/mol. The van der Waals surface area contributed by atoms with Crippen LogP contribution in [-0.2, 0) is 16.0 Å². The van der Waals surface area contributed by atoms with Crippen LogP contribution in [0.1, 0.15) is 32.3 Å². The molecule has 5 nitrogen and oxygen atoms in total. The molecule has 0 saturated carbocycles. The number of nitrogens with two attached hydrogens (primary N) is 1. The molecule has 1 saturated heterocycles. The lowest BCUT2D eigenvalue weighted by Crippen LogP contribution is -2.44. The Morgan fingerprint density at radius 1 is 1.36 bits per heavy atom. The van der Waals surface area contributed by atoms with E-state index in [4.69, 9.17) is 15.2 Å². The Bertz CT molecular complexity index is 565. The van der Waals surface area contributed by atoms with Crippen molar-refractivity contribution in [3.63, 3.8) is 0 Å². The van der Waals surface area contributed by atoms with Crippen molar-refractivity contribution in [2.24, 2.45) is 11.7 Å². The van der Waals surface area contributed by atoms with Crippen molar-refractivity contribution in [1.82, 2.24) is 0 Å². The van der Waals surface area contributed by atoms with Crippen LogP contribution in [-0.4, -0.2) is 30.8 Å². The summed E-state index contributed by atoms with van der Waals surface area (Å²) in [5.74, 6) is 0.979. The number of amides is 1. The zero-order chi connectivity index (χ0) is 15.7. The van der Waals surface area contributed by atoms with Gasteiger partial charge in [0.05, 0.1) is 6.04 Å². The largest absolute Gasteiger partial charge is 0.487 e. The molecule has 0 radical (unpaired) electrons. The van der Waals surface area contributed by atoms with Crippen molar-refractivity contribution in [1.29, 1.82) is 0 Å². The number of hydrogen-bond donors (Lipinski definition) is 2. The molecule has 1 aromatic rings. The van der Waals surface area contributed by atoms with Crippen LogP contribution < -0.4 is 15.8 Å². The maximum Gasteiger partial charge on any atom is 0.241 e. The molecule has 1 fully saturated rings. The number of rotatable bonds is 3. The Labute approximate surface area is 131 Å². The Balaban J connectivity index is 1.65. The Kier molecular flexibility index (Phi) is 4.10. The molecule has 1 unspecified atom stereocenters. The first-order chi connectivity index (χ1) is 10.4. The van der Waals surface area contributed by atoms with Gasteiger partial charge < -0.3 is 20.5 Å². The molecule has 0 spiro atoms. The van der Waals surface area contributed by atoms with Gasteiger partial charge in [-0.2, -0.15) is 0 Å². The molecule has 0 aromatic heterocycles. The Hall–Kier alpha value is -1.59. The van der Waals surface area contributed by atoms with Crippen LogP contribution >= 0.6 is 0 Å². The average molecular weight is 304 g/mol. The molecule has 22 heavy (non-hydrogen) atoms. The van der Waals surface area contributed by atoms with Crippen LogP contribution in [0, 0.1) is 5.92 Å². The first-order valence-electron chi connectivity index (χ1n) is 7.91. The Morgan fingerprint density at radius 3 is 2.82 bits per heavy atom. The standard InChI is InChI=1S/C17H24N2O3/c1-17(2)10-12-9-13(3-4-14(12)22-17)19-16(20)15(18)11-5-7-21-8-6-11/h3-4,9,11,15H,5-8,10,18H2,1-2H3,(H,19,20). The highest BCUT2D eigenvalue weighted by Gasteiger charge is 2.31. The lowest BCUT2D eigenvalue weighted by atomic mass is 9.92. The number of ether oxygens (including phenoxy) is 2. The first-order valence-corrected chi connectivity index (χ1v) is 7.91. The van der Waals surface area contributed by atoms with Gasteiger partial charge in [0, 0.05) is 30.9 Å². The molecule has 5 heteroatoms. The Morgan fingerprint density at radius 2 is 2.09 bits per heavy atom. The zero-order valence-corrected chi connectivity index (χ0v) is 13.2. The third kappa shape index (κ3) is 3.25. The second-order valence-corrected chi connectivity index (χ2v) is 6.83. The molecule has 2 aliphatic rings. The smallest absolute Gasteiger partial charge is 0.241 e. The van der Waals surface area contributed by atoms with Crippen molar-refractivity contribution < 1.29 is 14.3 Å². The molecule has 0 bridgehead atoms. The third-order valence-corrected chi connectivity index (χ3v) is 4.41. The highest BCUT2D eigenvalue weighted by Crippen LogP contribution is 2.36. The minimum atomic E-state index is -0.482. The van der Waals surface area contributed by atoms with Gasteiger partial charge in [0.15, 0.2) is 0 Å². The summed E-state index contributed by atoms with van der Waals surface area (Å²) in [6, 6.07) is 5.29. The van der Waals surface area contributed by atoms with Gasteiger partial charge in [0.2, 0.25) is 5.91 Å². The maximum absolute atomic E-state index is 12.3. The van der Waals surface area contributed by atoms with Crippen LogP contribution in [0.5, 0.6) is 5.75 Å². The predicted octanol–water partition coefficient (Wildman–Crippen LogP) is 2.09. The molecule has 1 aromatic carbocycles. The summed E-state index contributed by atoms with van der Waals surface area (Å²) < 4.78 is 11.2. The van der Waals surface area contributed by atoms with Gasteiger partial charge in [-0.05, 0) is 50.8 Å². The van der Waals surface area contributed by atoms with E-state index in [1.807, 2.05) is 18.2 Å². The fourth-order valence-corrected chi connectivity index (χ4v) is 3.20. The van der Waals surface area contributed by atoms with E-state index in [1.54, 1.807) is 0 Å². The molecule has 1 atom stereocenters. The fraction of sp³-hybridized carbons (Fsp3) is 0.588. The van der Waals surface area contributed by atoms with Crippen molar-refractivity contribution in [2.75, 3.05) is 18.5 Å². The number of anilines is 1. The van der Waals surface area contributed by atoms with E-state index in [2.05, 4.69) is 19.2 Å². The predicted molar refractivity (Wildman–Crippen MR) is 85.0 cm³/mol. The summed E-state index contributed by atoms with van der Waals surface area (Å²) in [4.78, 5) is 12.3. The van der Waals surface area contributed by atoms with E-state index < -0.39 is 6.04 Å². The first kappa shape index (κ1) is 15.3. The summed E-state index contributed by atoms with van der Waals surface area (Å²) >= 11 is 0. The van der Waals surface area contributed by atoms with E-state index in [0.717, 1.165) is 36.3 Å². The minimum Gasteiger partial charge on any atom is -0.487 e. The van der Waals surface area contributed by atoms with Crippen LogP contribution in [0.4, 0.5) is 5.69 Å². The summed E-state index contributed by atoms with van der Waals surface area (Å²) in [5, 5.41) is 2.94. The van der Waals surface area contributed by atoms with E-state index >= 15 is 0 Å². The van der Waals surface area contributed by atoms with Crippen LogP contribution in [0.25, 0.3) is 0 Å². The minimum absolute atomic E-state index is 0.120. The highest BCUT2D eigenvalue weighted by atomic mass is 16.5. The summed E-state index contributed by atoms with van der Waals surface area (Å²) in [6.07, 6.45) is 2.54. The van der Waals surface area contributed by atoms with Crippen molar-refractivity contribution >= 4 is 11.6 Å².